The van der Waals surface area contributed by atoms with Gasteiger partial charge in [0.2, 0.25) is 0 Å². The van der Waals surface area contributed by atoms with Gasteiger partial charge in [-0.25, -0.2) is 9.98 Å². The number of anilines is 1. The summed E-state index contributed by atoms with van der Waals surface area (Å²) in [6.07, 6.45) is 0. The number of benzene rings is 1. The summed E-state index contributed by atoms with van der Waals surface area (Å²) in [6, 6.07) is 5.47. The van der Waals surface area contributed by atoms with Crippen LogP contribution in [0.1, 0.15) is 30.5 Å². The average molecular weight is 462 g/mol. The van der Waals surface area contributed by atoms with E-state index in [4.69, 9.17) is 15.2 Å². The second kappa shape index (κ2) is 9.67. The summed E-state index contributed by atoms with van der Waals surface area (Å²) in [4.78, 5) is 8.85. The lowest BCUT2D eigenvalue weighted by Crippen LogP contribution is -2.22. The Morgan fingerprint density at radius 1 is 1.29 bits per heavy atom. The predicted octanol–water partition coefficient (Wildman–Crippen LogP) is 3.83. The SMILES string of the molecule is COc1ccc(NC(N)=NCc2csc(C(C)C)n2)cc1OC.I. The van der Waals surface area contributed by atoms with E-state index in [0.29, 0.717) is 29.9 Å². The lowest BCUT2D eigenvalue weighted by atomic mass is 10.2. The van der Waals surface area contributed by atoms with Crippen molar-refractivity contribution in [3.8, 4) is 11.5 Å². The van der Waals surface area contributed by atoms with Crippen LogP contribution in [-0.2, 0) is 6.54 Å². The number of halogens is 1. The summed E-state index contributed by atoms with van der Waals surface area (Å²) in [6.45, 7) is 4.70. The number of hydrogen-bond donors (Lipinski definition) is 2. The molecule has 2 rings (SSSR count). The van der Waals surface area contributed by atoms with Gasteiger partial charge in [-0.05, 0) is 12.1 Å². The van der Waals surface area contributed by atoms with Crippen LogP contribution in [0.3, 0.4) is 0 Å². The molecule has 0 saturated heterocycles. The quantitative estimate of drug-likeness (QED) is 0.388. The molecule has 1 heterocycles. The van der Waals surface area contributed by atoms with Crippen molar-refractivity contribution in [2.45, 2.75) is 26.3 Å². The Kier molecular flexibility index (Phi) is 8.26. The number of ether oxygens (including phenoxy) is 2. The highest BCUT2D eigenvalue weighted by molar-refractivity contribution is 14.0. The monoisotopic (exact) mass is 462 g/mol. The number of nitrogens with one attached hydrogen (secondary N) is 1. The zero-order valence-corrected chi connectivity index (χ0v) is 17.3. The van der Waals surface area contributed by atoms with Crippen molar-refractivity contribution in [2.24, 2.45) is 10.7 Å². The molecule has 0 aliphatic rings. The highest BCUT2D eigenvalue weighted by atomic mass is 127. The van der Waals surface area contributed by atoms with E-state index in [-0.39, 0.29) is 24.0 Å². The van der Waals surface area contributed by atoms with Gasteiger partial charge >= 0.3 is 0 Å². The molecule has 0 saturated carbocycles. The van der Waals surface area contributed by atoms with Crippen LogP contribution in [0.5, 0.6) is 11.5 Å². The number of aliphatic imine (C=N–C) groups is 1. The van der Waals surface area contributed by atoms with Crippen LogP contribution in [0.25, 0.3) is 0 Å². The minimum absolute atomic E-state index is 0. The van der Waals surface area contributed by atoms with Gasteiger partial charge in [0.1, 0.15) is 0 Å². The summed E-state index contributed by atoms with van der Waals surface area (Å²) < 4.78 is 10.5. The van der Waals surface area contributed by atoms with E-state index < -0.39 is 0 Å². The Hall–Kier alpha value is -1.55. The highest BCUT2D eigenvalue weighted by Gasteiger charge is 2.07. The molecule has 1 aromatic heterocycles. The normalized spacial score (nSPS) is 11.1. The molecule has 6 nitrogen and oxygen atoms in total. The van der Waals surface area contributed by atoms with E-state index in [2.05, 4.69) is 29.1 Å². The van der Waals surface area contributed by atoms with Gasteiger partial charge in [-0.1, -0.05) is 13.8 Å². The third-order valence-corrected chi connectivity index (χ3v) is 4.32. The molecule has 132 valence electrons. The minimum atomic E-state index is 0. The van der Waals surface area contributed by atoms with Crippen molar-refractivity contribution in [1.82, 2.24) is 4.98 Å². The van der Waals surface area contributed by atoms with Gasteiger partial charge in [0, 0.05) is 23.1 Å². The zero-order chi connectivity index (χ0) is 16.8. The summed E-state index contributed by atoms with van der Waals surface area (Å²) in [7, 11) is 3.19. The molecule has 0 aliphatic heterocycles. The molecule has 1 aromatic carbocycles. The van der Waals surface area contributed by atoms with Gasteiger partial charge in [-0.3, -0.25) is 0 Å². The maximum absolute atomic E-state index is 5.92. The number of guanidine groups is 1. The Morgan fingerprint density at radius 2 is 2.00 bits per heavy atom. The van der Waals surface area contributed by atoms with E-state index in [9.17, 15) is 0 Å². The first kappa shape index (κ1) is 20.5. The second-order valence-corrected chi connectivity index (χ2v) is 6.12. The van der Waals surface area contributed by atoms with Crippen molar-refractivity contribution >= 4 is 47.0 Å². The van der Waals surface area contributed by atoms with Crippen molar-refractivity contribution < 1.29 is 9.47 Å². The number of thiazole rings is 1. The number of nitrogens with two attached hydrogens (primary N) is 1. The molecular weight excluding hydrogens is 439 g/mol. The van der Waals surface area contributed by atoms with Crippen LogP contribution in [0.2, 0.25) is 0 Å². The number of rotatable bonds is 6. The summed E-state index contributed by atoms with van der Waals surface area (Å²) in [5.41, 5.74) is 7.63. The standard InChI is InChI=1S/C16H22N4O2S.HI/c1-10(2)15-19-12(9-23-15)8-18-16(17)20-11-5-6-13(21-3)14(7-11)22-4;/h5-7,9-10H,8H2,1-4H3,(H3,17,18,20);1H. The van der Waals surface area contributed by atoms with Gasteiger partial charge in [0.05, 0.1) is 31.5 Å². The summed E-state index contributed by atoms with van der Waals surface area (Å²) >= 11 is 1.65. The Bertz CT molecular complexity index is 688. The molecule has 8 heteroatoms. The fourth-order valence-electron chi connectivity index (χ4n) is 1.93. The first-order valence-electron chi connectivity index (χ1n) is 7.26. The number of methoxy groups -OCH3 is 2. The molecule has 0 fully saturated rings. The molecule has 0 spiro atoms. The fraction of sp³-hybridized carbons (Fsp3) is 0.375. The number of nitrogens with zero attached hydrogens (tertiary/aromatic N) is 2. The molecule has 2 aromatic rings. The van der Waals surface area contributed by atoms with Gasteiger partial charge < -0.3 is 20.5 Å². The van der Waals surface area contributed by atoms with Gasteiger partial charge in [0.15, 0.2) is 17.5 Å². The maximum Gasteiger partial charge on any atom is 0.193 e. The van der Waals surface area contributed by atoms with Crippen molar-refractivity contribution in [3.05, 3.63) is 34.3 Å². The smallest absolute Gasteiger partial charge is 0.193 e. The van der Waals surface area contributed by atoms with Gasteiger partial charge in [-0.2, -0.15) is 0 Å². The Morgan fingerprint density at radius 3 is 2.58 bits per heavy atom. The van der Waals surface area contributed by atoms with E-state index in [1.54, 1.807) is 31.6 Å². The fourth-order valence-corrected chi connectivity index (χ4v) is 2.75. The minimum Gasteiger partial charge on any atom is -0.493 e. The summed E-state index contributed by atoms with van der Waals surface area (Å²) in [5, 5.41) is 6.16. The molecular formula is C16H23IN4O2S. The Labute approximate surface area is 163 Å². The Balaban J connectivity index is 0.00000288. The van der Waals surface area contributed by atoms with Gasteiger partial charge in [-0.15, -0.1) is 35.3 Å². The van der Waals surface area contributed by atoms with Crippen molar-refractivity contribution in [1.29, 1.82) is 0 Å². The molecule has 0 unspecified atom stereocenters. The van der Waals surface area contributed by atoms with Crippen LogP contribution in [-0.4, -0.2) is 25.2 Å². The van der Waals surface area contributed by atoms with Crippen LogP contribution in [0, 0.1) is 0 Å². The lowest BCUT2D eigenvalue weighted by Gasteiger charge is -2.10. The molecule has 3 N–H and O–H groups in total. The van der Waals surface area contributed by atoms with Crippen LogP contribution >= 0.6 is 35.3 Å². The first-order chi connectivity index (χ1) is 11.0. The van der Waals surface area contributed by atoms with Crippen molar-refractivity contribution in [2.75, 3.05) is 19.5 Å². The lowest BCUT2D eigenvalue weighted by molar-refractivity contribution is 0.355. The van der Waals surface area contributed by atoms with Crippen molar-refractivity contribution in [3.63, 3.8) is 0 Å². The highest BCUT2D eigenvalue weighted by Crippen LogP contribution is 2.29. The summed E-state index contributed by atoms with van der Waals surface area (Å²) in [5.74, 6) is 2.06. The van der Waals surface area contributed by atoms with E-state index in [1.807, 2.05) is 17.5 Å². The zero-order valence-electron chi connectivity index (χ0n) is 14.2. The third-order valence-electron chi connectivity index (χ3n) is 3.13. The number of hydrogen-bond acceptors (Lipinski definition) is 5. The second-order valence-electron chi connectivity index (χ2n) is 5.23. The van der Waals surface area contributed by atoms with E-state index in [1.165, 1.54) is 0 Å². The average Bonchev–Trinajstić information content (AvgIpc) is 3.02. The molecule has 0 radical (unpaired) electrons. The van der Waals surface area contributed by atoms with Crippen LogP contribution < -0.4 is 20.5 Å². The molecule has 24 heavy (non-hydrogen) atoms. The van der Waals surface area contributed by atoms with Crippen LogP contribution in [0.4, 0.5) is 5.69 Å². The first-order valence-corrected chi connectivity index (χ1v) is 8.14. The largest absolute Gasteiger partial charge is 0.493 e. The molecule has 0 aliphatic carbocycles. The molecule has 0 bridgehead atoms. The van der Waals surface area contributed by atoms with Gasteiger partial charge in [0.25, 0.3) is 0 Å². The van der Waals surface area contributed by atoms with E-state index in [0.717, 1.165) is 16.4 Å². The molecule has 0 amide bonds. The number of aromatic nitrogens is 1. The maximum atomic E-state index is 5.92. The molecule has 0 atom stereocenters. The predicted molar refractivity (Wildman–Crippen MR) is 110 cm³/mol. The van der Waals surface area contributed by atoms with Crippen LogP contribution in [0.15, 0.2) is 28.6 Å². The third kappa shape index (κ3) is 5.52. The van der Waals surface area contributed by atoms with E-state index >= 15 is 0 Å². The topological polar surface area (TPSA) is 81.8 Å².